The van der Waals surface area contributed by atoms with Crippen LogP contribution < -0.4 is 0 Å². The molecule has 5 heterocycles. The average molecular weight is 939 g/mol. The zero-order valence-corrected chi connectivity index (χ0v) is 38.6. The minimum absolute atomic E-state index is 0.0492. The lowest BCUT2D eigenvalue weighted by Crippen LogP contribution is -2.66. The zero-order valence-electron chi connectivity index (χ0n) is 38.6. The Morgan fingerprint density at radius 1 is 0.773 bits per heavy atom. The summed E-state index contributed by atoms with van der Waals surface area (Å²) in [4.78, 5) is 24.8. The number of aliphatic hydroxyl groups is 7. The van der Waals surface area contributed by atoms with E-state index in [9.17, 15) is 45.3 Å². The molecule has 25 atom stereocenters. The Balaban J connectivity index is 1.02. The first kappa shape index (κ1) is 48.8. The van der Waals surface area contributed by atoms with Gasteiger partial charge in [-0.1, -0.05) is 39.0 Å². The number of esters is 2. The van der Waals surface area contributed by atoms with Gasteiger partial charge in [-0.15, -0.1) is 0 Å². The smallest absolute Gasteiger partial charge is 0.303 e. The number of carbonyl (C=O) groups excluding carboxylic acids is 2. The first-order chi connectivity index (χ1) is 31.2. The van der Waals surface area contributed by atoms with Gasteiger partial charge < -0.3 is 83.1 Å². The molecule has 372 valence electrons. The van der Waals surface area contributed by atoms with Crippen molar-refractivity contribution >= 4 is 11.9 Å². The van der Waals surface area contributed by atoms with Crippen LogP contribution in [-0.4, -0.2) is 178 Å². The second-order valence-electron chi connectivity index (χ2n) is 21.1. The Morgan fingerprint density at radius 3 is 2.17 bits per heavy atom. The number of aliphatic hydroxyl groups excluding tert-OH is 7. The van der Waals surface area contributed by atoms with E-state index in [-0.39, 0.29) is 54.1 Å². The molecule has 0 bridgehead atoms. The van der Waals surface area contributed by atoms with Crippen LogP contribution in [0.25, 0.3) is 0 Å². The average Bonchev–Trinajstić information content (AvgIpc) is 3.71. The first-order valence-electron chi connectivity index (χ1n) is 23.8. The van der Waals surface area contributed by atoms with Gasteiger partial charge in [-0.25, -0.2) is 0 Å². The molecule has 66 heavy (non-hydrogen) atoms. The van der Waals surface area contributed by atoms with E-state index >= 15 is 0 Å². The third kappa shape index (κ3) is 8.12. The number of fused-ring (bicyclic) bond motifs is 7. The molecular weight excluding hydrogens is 868 g/mol. The maximum Gasteiger partial charge on any atom is 0.303 e. The molecule has 5 aliphatic heterocycles. The maximum absolute atomic E-state index is 12.5. The Labute approximate surface area is 384 Å². The second kappa shape index (κ2) is 18.2. The van der Waals surface area contributed by atoms with E-state index in [4.69, 9.17) is 47.4 Å². The number of carbonyl (C=O) groups is 2. The van der Waals surface area contributed by atoms with Crippen LogP contribution in [0.1, 0.15) is 86.5 Å². The number of ether oxygens (including phenoxy) is 10. The molecule has 4 aliphatic carbocycles. The van der Waals surface area contributed by atoms with Gasteiger partial charge in [0.15, 0.2) is 36.9 Å². The lowest BCUT2D eigenvalue weighted by Gasteiger charge is -2.60. The van der Waals surface area contributed by atoms with Crippen molar-refractivity contribution in [3.8, 4) is 0 Å². The van der Waals surface area contributed by atoms with Crippen molar-refractivity contribution in [2.75, 3.05) is 19.8 Å². The van der Waals surface area contributed by atoms with Crippen LogP contribution >= 0.6 is 0 Å². The molecule has 0 aromatic heterocycles. The minimum Gasteiger partial charge on any atom is -0.455 e. The highest BCUT2D eigenvalue weighted by Gasteiger charge is 2.71. The van der Waals surface area contributed by atoms with Crippen molar-refractivity contribution in [2.24, 2.45) is 40.4 Å². The summed E-state index contributed by atoms with van der Waals surface area (Å²) < 4.78 is 62.1. The number of hydrogen-bond donors (Lipinski definition) is 7. The Bertz CT molecular complexity index is 1860. The lowest BCUT2D eigenvalue weighted by molar-refractivity contribution is -0.382. The van der Waals surface area contributed by atoms with Crippen LogP contribution in [0, 0.1) is 40.4 Å². The summed E-state index contributed by atoms with van der Waals surface area (Å²) in [6.07, 6.45) is -14.8. The van der Waals surface area contributed by atoms with Gasteiger partial charge in [-0.05, 0) is 73.7 Å². The molecule has 8 fully saturated rings. The van der Waals surface area contributed by atoms with E-state index in [2.05, 4.69) is 33.4 Å². The van der Waals surface area contributed by atoms with Crippen LogP contribution in [0.2, 0.25) is 0 Å². The SMILES string of the molecule is C=C1CO[C@@]2(O[C@H]3C[C@H]4[C@@H]5CC=C6C[C@@H](O)C[C@@H](O[C@@H]7OC[C@H](O)[C@H](O[C@@H]8OC[C@@H](O)[C@H](O)[C@H]8O)[C@H]7O[C@@H]7O[C@@H](C)[C@H](O)[C@@H](OC(C)=O)[C@H]7OC(C)=O)[C@]6(C)[C@H]5CC[C@]4(C)[C@H]3[C@@H]2C)[C@@H](O)C1. The Kier molecular flexibility index (Phi) is 13.5. The fourth-order valence-corrected chi connectivity index (χ4v) is 14.1. The quantitative estimate of drug-likeness (QED) is 0.129. The zero-order chi connectivity index (χ0) is 47.4. The normalized spacial score (nSPS) is 53.5. The van der Waals surface area contributed by atoms with E-state index in [0.717, 1.165) is 50.7 Å². The molecule has 7 N–H and O–H groups in total. The summed E-state index contributed by atoms with van der Waals surface area (Å²) >= 11 is 0. The van der Waals surface area contributed by atoms with E-state index in [1.165, 1.54) is 6.92 Å². The molecule has 0 aromatic rings. The summed E-state index contributed by atoms with van der Waals surface area (Å²) in [5.74, 6) is -1.92. The van der Waals surface area contributed by atoms with E-state index in [1.807, 2.05) is 0 Å². The van der Waals surface area contributed by atoms with Gasteiger partial charge in [0.25, 0.3) is 0 Å². The standard InChI is InChI=1S/C47H70O19/c1-19-12-32(53)47(59-16-19)20(2)34-31(66-47)15-28-26-9-8-24-13-25(50)14-33(46(24,7)27(26)10-11-45(28,34)6)63-43-40(38(30(52)18-58-43)64-42-37(56)36(55)29(51)17-57-42)65-44-41(62-23(5)49)39(61-22(4)48)35(54)21(3)60-44/h8,20-21,25-44,50-56H,1,9-18H2,2-7H3/t20-,21-,25+,26+,27-,28-,29+,30-,31-,32-,33+,34-,35-,36-,37+,38-,39+,40+,41+,42-,43-,44-,45-,46-,47-/m0/s1. The number of allylic oxidation sites excluding steroid dienone is 1. The molecule has 1 spiro atoms. The maximum atomic E-state index is 12.5. The molecule has 9 rings (SSSR count). The van der Waals surface area contributed by atoms with E-state index < -0.39 is 128 Å². The third-order valence-electron chi connectivity index (χ3n) is 17.3. The predicted molar refractivity (Wildman–Crippen MR) is 224 cm³/mol. The molecule has 19 nitrogen and oxygen atoms in total. The summed E-state index contributed by atoms with van der Waals surface area (Å²) in [5, 5.41) is 77.3. The highest BCUT2D eigenvalue weighted by Crippen LogP contribution is 2.71. The fraction of sp³-hybridized carbons (Fsp3) is 0.872. The Hall–Kier alpha value is -2.18. The summed E-state index contributed by atoms with van der Waals surface area (Å²) in [6.45, 7) is 14.1. The molecule has 3 saturated carbocycles. The van der Waals surface area contributed by atoms with Crippen molar-refractivity contribution in [3.63, 3.8) is 0 Å². The largest absolute Gasteiger partial charge is 0.455 e. The molecule has 19 heteroatoms. The van der Waals surface area contributed by atoms with Crippen molar-refractivity contribution in [2.45, 2.75) is 197 Å². The number of hydrogen-bond acceptors (Lipinski definition) is 19. The highest BCUT2D eigenvalue weighted by molar-refractivity contribution is 5.67. The lowest BCUT2D eigenvalue weighted by atomic mass is 9.46. The molecule has 0 radical (unpaired) electrons. The highest BCUT2D eigenvalue weighted by atomic mass is 16.8. The summed E-state index contributed by atoms with van der Waals surface area (Å²) in [7, 11) is 0. The van der Waals surface area contributed by atoms with Crippen molar-refractivity contribution < 1.29 is 92.7 Å². The molecule has 0 amide bonds. The van der Waals surface area contributed by atoms with Crippen molar-refractivity contribution in [1.82, 2.24) is 0 Å². The van der Waals surface area contributed by atoms with Gasteiger partial charge in [-0.3, -0.25) is 9.59 Å². The first-order valence-corrected chi connectivity index (χ1v) is 23.8. The van der Waals surface area contributed by atoms with Gasteiger partial charge in [0.1, 0.15) is 48.8 Å². The van der Waals surface area contributed by atoms with Crippen LogP contribution in [0.5, 0.6) is 0 Å². The molecule has 9 aliphatic rings. The van der Waals surface area contributed by atoms with Gasteiger partial charge in [0.05, 0.1) is 44.2 Å². The number of rotatable bonds is 8. The van der Waals surface area contributed by atoms with Crippen molar-refractivity contribution in [3.05, 3.63) is 23.8 Å². The molecule has 5 saturated heterocycles. The van der Waals surface area contributed by atoms with Crippen LogP contribution in [0.15, 0.2) is 23.8 Å². The molecule has 0 aromatic carbocycles. The summed E-state index contributed by atoms with van der Waals surface area (Å²) in [5.41, 5.74) is 1.19. The predicted octanol–water partition coefficient (Wildman–Crippen LogP) is 0.496. The monoisotopic (exact) mass is 938 g/mol. The van der Waals surface area contributed by atoms with E-state index in [1.54, 1.807) is 0 Å². The van der Waals surface area contributed by atoms with E-state index in [0.29, 0.717) is 19.4 Å². The molecular formula is C47H70O19. The van der Waals surface area contributed by atoms with Crippen LogP contribution in [-0.2, 0) is 57.0 Å². The van der Waals surface area contributed by atoms with Gasteiger partial charge in [0.2, 0.25) is 0 Å². The molecule has 0 unspecified atom stereocenters. The van der Waals surface area contributed by atoms with Gasteiger partial charge >= 0.3 is 11.9 Å². The topological polar surface area (TPSA) is 268 Å². The Morgan fingerprint density at radius 2 is 1.45 bits per heavy atom. The van der Waals surface area contributed by atoms with Gasteiger partial charge in [-0.2, -0.15) is 0 Å². The third-order valence-corrected chi connectivity index (χ3v) is 17.3. The second-order valence-corrected chi connectivity index (χ2v) is 21.1. The van der Waals surface area contributed by atoms with Crippen LogP contribution in [0.4, 0.5) is 0 Å². The summed E-state index contributed by atoms with van der Waals surface area (Å²) in [6, 6.07) is 0. The van der Waals surface area contributed by atoms with Crippen molar-refractivity contribution in [1.29, 1.82) is 0 Å². The fourth-order valence-electron chi connectivity index (χ4n) is 14.1. The van der Waals surface area contributed by atoms with Gasteiger partial charge in [0, 0.05) is 38.0 Å². The van der Waals surface area contributed by atoms with Crippen LogP contribution in [0.3, 0.4) is 0 Å². The minimum atomic E-state index is -1.75.